The molecule has 1 amide bonds. The first-order chi connectivity index (χ1) is 10.8. The monoisotopic (exact) mass is 285 g/mol. The van der Waals surface area contributed by atoms with Crippen molar-refractivity contribution in [2.24, 2.45) is 5.73 Å². The number of amides is 1. The van der Waals surface area contributed by atoms with Crippen molar-refractivity contribution in [2.75, 3.05) is 0 Å². The quantitative estimate of drug-likeness (QED) is 0.594. The highest BCUT2D eigenvalue weighted by molar-refractivity contribution is 6.04. The number of nitrogens with two attached hydrogens (primary N) is 1. The second kappa shape index (κ2) is 4.85. The van der Waals surface area contributed by atoms with Crippen molar-refractivity contribution in [1.29, 1.82) is 0 Å². The lowest BCUT2D eigenvalue weighted by Crippen LogP contribution is -2.15. The molecular weight excluding hydrogens is 270 g/mol. The molecule has 106 valence electrons. The summed E-state index contributed by atoms with van der Waals surface area (Å²) >= 11 is 0. The van der Waals surface area contributed by atoms with Gasteiger partial charge >= 0.3 is 0 Å². The average molecular weight is 285 g/mol. The van der Waals surface area contributed by atoms with E-state index in [2.05, 4.69) is 18.2 Å². The van der Waals surface area contributed by atoms with Crippen molar-refractivity contribution >= 4 is 5.91 Å². The fourth-order valence-electron chi connectivity index (χ4n) is 3.35. The van der Waals surface area contributed by atoms with Crippen LogP contribution in [-0.2, 0) is 6.42 Å². The van der Waals surface area contributed by atoms with E-state index in [1.165, 1.54) is 11.1 Å². The van der Waals surface area contributed by atoms with E-state index in [4.69, 9.17) is 5.73 Å². The Bertz CT molecular complexity index is 881. The van der Waals surface area contributed by atoms with Gasteiger partial charge in [-0.05, 0) is 39.8 Å². The van der Waals surface area contributed by atoms with Crippen molar-refractivity contribution in [3.8, 4) is 22.3 Å². The highest BCUT2D eigenvalue weighted by Crippen LogP contribution is 2.41. The summed E-state index contributed by atoms with van der Waals surface area (Å²) in [4.78, 5) is 12.1. The summed E-state index contributed by atoms with van der Waals surface area (Å²) in [7, 11) is 0. The molecule has 0 aromatic heterocycles. The number of carbonyl (C=O) groups excluding carboxylic acids is 1. The molecule has 0 atom stereocenters. The van der Waals surface area contributed by atoms with Crippen molar-refractivity contribution in [1.82, 2.24) is 0 Å². The zero-order valence-corrected chi connectivity index (χ0v) is 12.0. The summed E-state index contributed by atoms with van der Waals surface area (Å²) in [6.45, 7) is 0. The maximum Gasteiger partial charge on any atom is 0.249 e. The Labute approximate surface area is 129 Å². The molecule has 0 aliphatic heterocycles. The first kappa shape index (κ1) is 12.8. The van der Waals surface area contributed by atoms with E-state index in [0.29, 0.717) is 5.56 Å². The Morgan fingerprint density at radius 2 is 1.45 bits per heavy atom. The van der Waals surface area contributed by atoms with E-state index >= 15 is 0 Å². The van der Waals surface area contributed by atoms with E-state index in [1.807, 2.05) is 48.5 Å². The van der Waals surface area contributed by atoms with E-state index < -0.39 is 0 Å². The summed E-state index contributed by atoms with van der Waals surface area (Å²) < 4.78 is 0. The minimum atomic E-state index is -0.358. The van der Waals surface area contributed by atoms with Gasteiger partial charge in [-0.2, -0.15) is 0 Å². The van der Waals surface area contributed by atoms with Gasteiger partial charge in [0, 0.05) is 0 Å². The standard InChI is InChI=1S/C20H15NO/c21-20(22)19-16(13-6-2-1-3-7-13)10-11-17-15-9-5-4-8-14(15)12-18(17)19/h1-11H,12H2,(H2,21,22). The summed E-state index contributed by atoms with van der Waals surface area (Å²) in [5.74, 6) is -0.358. The summed E-state index contributed by atoms with van der Waals surface area (Å²) in [5, 5.41) is 0. The third-order valence-electron chi connectivity index (χ3n) is 4.32. The van der Waals surface area contributed by atoms with Crippen LogP contribution in [0.3, 0.4) is 0 Å². The molecule has 0 radical (unpaired) electrons. The van der Waals surface area contributed by atoms with Gasteiger partial charge in [0.25, 0.3) is 0 Å². The van der Waals surface area contributed by atoms with Crippen LogP contribution in [0.4, 0.5) is 0 Å². The van der Waals surface area contributed by atoms with Gasteiger partial charge in [-0.25, -0.2) is 0 Å². The van der Waals surface area contributed by atoms with Crippen LogP contribution < -0.4 is 5.73 Å². The van der Waals surface area contributed by atoms with E-state index in [1.54, 1.807) is 0 Å². The molecule has 0 heterocycles. The highest BCUT2D eigenvalue weighted by atomic mass is 16.1. The largest absolute Gasteiger partial charge is 0.366 e. The lowest BCUT2D eigenvalue weighted by Gasteiger charge is -2.12. The van der Waals surface area contributed by atoms with Crippen LogP contribution in [0.15, 0.2) is 66.7 Å². The zero-order valence-electron chi connectivity index (χ0n) is 12.0. The molecule has 3 aromatic rings. The van der Waals surface area contributed by atoms with Gasteiger partial charge in [-0.15, -0.1) is 0 Å². The normalized spacial score (nSPS) is 11.8. The minimum Gasteiger partial charge on any atom is -0.366 e. The highest BCUT2D eigenvalue weighted by Gasteiger charge is 2.25. The van der Waals surface area contributed by atoms with Crippen LogP contribution >= 0.6 is 0 Å². The van der Waals surface area contributed by atoms with Gasteiger partial charge in [-0.3, -0.25) is 4.79 Å². The molecule has 2 N–H and O–H groups in total. The van der Waals surface area contributed by atoms with Gasteiger partial charge in [0.15, 0.2) is 0 Å². The van der Waals surface area contributed by atoms with Gasteiger partial charge in [0.1, 0.15) is 0 Å². The van der Waals surface area contributed by atoms with Gasteiger partial charge in [0.2, 0.25) is 5.91 Å². The molecule has 0 unspecified atom stereocenters. The van der Waals surface area contributed by atoms with Crippen LogP contribution in [-0.4, -0.2) is 5.91 Å². The van der Waals surface area contributed by atoms with Crippen LogP contribution in [0, 0.1) is 0 Å². The van der Waals surface area contributed by atoms with Crippen molar-refractivity contribution in [2.45, 2.75) is 6.42 Å². The Hall–Kier alpha value is -2.87. The van der Waals surface area contributed by atoms with Gasteiger partial charge in [0.05, 0.1) is 5.56 Å². The van der Waals surface area contributed by atoms with Crippen LogP contribution in [0.2, 0.25) is 0 Å². The number of hydrogen-bond donors (Lipinski definition) is 1. The lowest BCUT2D eigenvalue weighted by molar-refractivity contribution is 0.1000. The summed E-state index contributed by atoms with van der Waals surface area (Å²) in [5.41, 5.74) is 13.0. The molecular formula is C20H15NO. The maximum atomic E-state index is 12.1. The minimum absolute atomic E-state index is 0.358. The Morgan fingerprint density at radius 1 is 0.773 bits per heavy atom. The molecule has 22 heavy (non-hydrogen) atoms. The first-order valence-corrected chi connectivity index (χ1v) is 7.35. The molecule has 0 saturated heterocycles. The van der Waals surface area contributed by atoms with E-state index in [9.17, 15) is 4.79 Å². The van der Waals surface area contributed by atoms with Crippen molar-refractivity contribution in [3.05, 3.63) is 83.4 Å². The molecule has 1 aliphatic rings. The molecule has 1 aliphatic carbocycles. The number of benzene rings is 3. The fraction of sp³-hybridized carbons (Fsp3) is 0.0500. The predicted molar refractivity (Wildman–Crippen MR) is 88.6 cm³/mol. The van der Waals surface area contributed by atoms with Crippen LogP contribution in [0.5, 0.6) is 0 Å². The SMILES string of the molecule is NC(=O)c1c(-c2ccccc2)ccc2c1Cc1ccccc1-2. The second-order valence-corrected chi connectivity index (χ2v) is 5.58. The van der Waals surface area contributed by atoms with Crippen molar-refractivity contribution < 1.29 is 4.79 Å². The maximum absolute atomic E-state index is 12.1. The van der Waals surface area contributed by atoms with E-state index in [0.717, 1.165) is 28.7 Å². The van der Waals surface area contributed by atoms with E-state index in [-0.39, 0.29) is 5.91 Å². The second-order valence-electron chi connectivity index (χ2n) is 5.58. The Kier molecular flexibility index (Phi) is 2.83. The molecule has 0 spiro atoms. The topological polar surface area (TPSA) is 43.1 Å². The third kappa shape index (κ3) is 1.85. The number of fused-ring (bicyclic) bond motifs is 3. The Balaban J connectivity index is 1.99. The Morgan fingerprint density at radius 3 is 2.23 bits per heavy atom. The van der Waals surface area contributed by atoms with Gasteiger partial charge < -0.3 is 5.73 Å². The lowest BCUT2D eigenvalue weighted by atomic mass is 9.92. The van der Waals surface area contributed by atoms with Crippen LogP contribution in [0.25, 0.3) is 22.3 Å². The third-order valence-corrected chi connectivity index (χ3v) is 4.32. The first-order valence-electron chi connectivity index (χ1n) is 7.35. The summed E-state index contributed by atoms with van der Waals surface area (Å²) in [6.07, 6.45) is 0.768. The van der Waals surface area contributed by atoms with Gasteiger partial charge in [-0.1, -0.05) is 66.7 Å². The predicted octanol–water partition coefficient (Wildman–Crippen LogP) is 4.02. The van der Waals surface area contributed by atoms with Crippen LogP contribution in [0.1, 0.15) is 21.5 Å². The molecule has 0 saturated carbocycles. The number of carbonyl (C=O) groups is 1. The molecule has 2 heteroatoms. The molecule has 4 rings (SSSR count). The smallest absolute Gasteiger partial charge is 0.249 e. The fourth-order valence-corrected chi connectivity index (χ4v) is 3.35. The molecule has 2 nitrogen and oxygen atoms in total. The average Bonchev–Trinajstić information content (AvgIpc) is 2.93. The molecule has 0 bridgehead atoms. The summed E-state index contributed by atoms with van der Waals surface area (Å²) in [6, 6.07) is 22.3. The number of rotatable bonds is 2. The number of hydrogen-bond acceptors (Lipinski definition) is 1. The number of primary amides is 1. The zero-order chi connectivity index (χ0) is 15.1. The molecule has 3 aromatic carbocycles. The van der Waals surface area contributed by atoms with Crippen molar-refractivity contribution in [3.63, 3.8) is 0 Å². The molecule has 0 fully saturated rings.